The average molecular weight is 374 g/mol. The number of nitrogens with zero attached hydrogens (tertiary/aromatic N) is 1. The van der Waals surface area contributed by atoms with Crippen molar-refractivity contribution in [1.82, 2.24) is 4.90 Å². The fraction of sp³-hybridized carbons (Fsp3) is 0.611. The number of β-amino-alcohol motifs (C(OH)–C–C–N with tert-alkyl or cyclic N) is 1. The molecule has 1 aliphatic heterocycles. The van der Waals surface area contributed by atoms with Crippen LogP contribution in [0.5, 0.6) is 11.5 Å². The number of aliphatic hydroxyl groups excluding tert-OH is 1. The van der Waals surface area contributed by atoms with Crippen LogP contribution < -0.4 is 9.47 Å². The molecule has 1 unspecified atom stereocenters. The molecule has 0 aliphatic carbocycles. The van der Waals surface area contributed by atoms with Crippen molar-refractivity contribution in [3.05, 3.63) is 24.3 Å². The van der Waals surface area contributed by atoms with Gasteiger partial charge in [-0.25, -0.2) is 0 Å². The molecule has 2 rings (SSSR count). The molecule has 1 heterocycles. The fourth-order valence-corrected chi connectivity index (χ4v) is 2.85. The van der Waals surface area contributed by atoms with Gasteiger partial charge in [0.05, 0.1) is 19.6 Å². The lowest BCUT2D eigenvalue weighted by atomic mass is 9.97. The van der Waals surface area contributed by atoms with Crippen molar-refractivity contribution in [3.8, 4) is 11.5 Å². The van der Waals surface area contributed by atoms with Crippen LogP contribution in [-0.2, 0) is 9.53 Å². The maximum atomic E-state index is 11.7. The summed E-state index contributed by atoms with van der Waals surface area (Å²) in [5.41, 5.74) is 0. The lowest BCUT2D eigenvalue weighted by molar-refractivity contribution is -0.149. The summed E-state index contributed by atoms with van der Waals surface area (Å²) in [4.78, 5) is 13.9. The molecule has 1 N–H and O–H groups in total. The molecule has 1 aliphatic rings. The van der Waals surface area contributed by atoms with E-state index in [2.05, 4.69) is 4.90 Å². The molecule has 142 valence electrons. The highest BCUT2D eigenvalue weighted by molar-refractivity contribution is 5.85. The van der Waals surface area contributed by atoms with Crippen molar-refractivity contribution in [2.75, 3.05) is 40.0 Å². The molecule has 7 heteroatoms. The highest BCUT2D eigenvalue weighted by Crippen LogP contribution is 2.20. The van der Waals surface area contributed by atoms with Crippen LogP contribution in [0, 0.1) is 5.92 Å². The molecule has 1 aromatic carbocycles. The van der Waals surface area contributed by atoms with Crippen molar-refractivity contribution < 1.29 is 24.1 Å². The van der Waals surface area contributed by atoms with E-state index in [1.165, 1.54) is 0 Å². The molecule has 1 fully saturated rings. The van der Waals surface area contributed by atoms with Crippen LogP contribution in [0.3, 0.4) is 0 Å². The number of carbonyl (C=O) groups excluding carboxylic acids is 1. The van der Waals surface area contributed by atoms with Gasteiger partial charge >= 0.3 is 5.97 Å². The van der Waals surface area contributed by atoms with Gasteiger partial charge < -0.3 is 24.2 Å². The second kappa shape index (κ2) is 11.2. The molecule has 0 radical (unpaired) electrons. The minimum Gasteiger partial charge on any atom is -0.497 e. The Morgan fingerprint density at radius 1 is 1.32 bits per heavy atom. The summed E-state index contributed by atoms with van der Waals surface area (Å²) in [5, 5.41) is 10.2. The Morgan fingerprint density at radius 2 is 2.00 bits per heavy atom. The van der Waals surface area contributed by atoms with Crippen molar-refractivity contribution in [3.63, 3.8) is 0 Å². The first-order valence-corrected chi connectivity index (χ1v) is 8.46. The number of methoxy groups -OCH3 is 1. The number of hydrogen-bond acceptors (Lipinski definition) is 6. The van der Waals surface area contributed by atoms with Gasteiger partial charge in [0.25, 0.3) is 0 Å². The summed E-state index contributed by atoms with van der Waals surface area (Å²) in [7, 11) is 1.61. The predicted octanol–water partition coefficient (Wildman–Crippen LogP) is 2.13. The van der Waals surface area contributed by atoms with Crippen molar-refractivity contribution in [2.24, 2.45) is 5.92 Å². The van der Waals surface area contributed by atoms with Crippen molar-refractivity contribution in [1.29, 1.82) is 0 Å². The van der Waals surface area contributed by atoms with Crippen LogP contribution in [0.1, 0.15) is 19.8 Å². The van der Waals surface area contributed by atoms with E-state index in [9.17, 15) is 9.90 Å². The Morgan fingerprint density at radius 3 is 2.64 bits per heavy atom. The number of aliphatic hydroxyl groups is 1. The van der Waals surface area contributed by atoms with E-state index >= 15 is 0 Å². The van der Waals surface area contributed by atoms with E-state index in [0.717, 1.165) is 31.7 Å². The van der Waals surface area contributed by atoms with Crippen LogP contribution in [-0.4, -0.2) is 62.0 Å². The van der Waals surface area contributed by atoms with Gasteiger partial charge in [0, 0.05) is 12.6 Å². The summed E-state index contributed by atoms with van der Waals surface area (Å²) in [6, 6.07) is 7.31. The predicted molar refractivity (Wildman–Crippen MR) is 97.5 cm³/mol. The number of halogens is 1. The summed E-state index contributed by atoms with van der Waals surface area (Å²) >= 11 is 0. The Balaban J connectivity index is 0.00000312. The Kier molecular flexibility index (Phi) is 9.63. The van der Waals surface area contributed by atoms with E-state index in [1.807, 2.05) is 25.1 Å². The number of carbonyl (C=O) groups is 1. The smallest absolute Gasteiger partial charge is 0.309 e. The molecule has 0 bridgehead atoms. The van der Waals surface area contributed by atoms with Gasteiger partial charge in [0.15, 0.2) is 0 Å². The van der Waals surface area contributed by atoms with Crippen LogP contribution >= 0.6 is 12.4 Å². The minimum atomic E-state index is -0.574. The molecular weight excluding hydrogens is 346 g/mol. The van der Waals surface area contributed by atoms with Gasteiger partial charge in [-0.15, -0.1) is 12.4 Å². The Hall–Kier alpha value is -1.50. The van der Waals surface area contributed by atoms with Crippen molar-refractivity contribution in [2.45, 2.75) is 25.9 Å². The zero-order valence-corrected chi connectivity index (χ0v) is 15.7. The molecule has 1 saturated heterocycles. The first kappa shape index (κ1) is 21.5. The normalized spacial score (nSPS) is 16.6. The molecule has 0 aromatic heterocycles. The van der Waals surface area contributed by atoms with E-state index in [4.69, 9.17) is 14.2 Å². The van der Waals surface area contributed by atoms with Gasteiger partial charge in [-0.3, -0.25) is 4.79 Å². The maximum absolute atomic E-state index is 11.7. The maximum Gasteiger partial charge on any atom is 0.309 e. The largest absolute Gasteiger partial charge is 0.497 e. The van der Waals surface area contributed by atoms with Crippen LogP contribution in [0.4, 0.5) is 0 Å². The number of hydrogen-bond donors (Lipinski definition) is 1. The molecule has 1 atom stereocenters. The van der Waals surface area contributed by atoms with Crippen LogP contribution in [0.25, 0.3) is 0 Å². The van der Waals surface area contributed by atoms with E-state index in [0.29, 0.717) is 18.9 Å². The summed E-state index contributed by atoms with van der Waals surface area (Å²) in [6.45, 7) is 4.61. The van der Waals surface area contributed by atoms with Gasteiger partial charge in [-0.2, -0.15) is 0 Å². The monoisotopic (exact) mass is 373 g/mol. The number of piperidine rings is 1. The Bertz CT molecular complexity index is 520. The molecule has 0 saturated carbocycles. The first-order valence-electron chi connectivity index (χ1n) is 8.46. The van der Waals surface area contributed by atoms with E-state index in [1.54, 1.807) is 13.2 Å². The molecule has 6 nitrogen and oxygen atoms in total. The van der Waals surface area contributed by atoms with E-state index in [-0.39, 0.29) is 30.9 Å². The van der Waals surface area contributed by atoms with Gasteiger partial charge in [0.1, 0.15) is 24.2 Å². The number of rotatable bonds is 8. The lowest BCUT2D eigenvalue weighted by Gasteiger charge is -2.32. The van der Waals surface area contributed by atoms with E-state index < -0.39 is 6.10 Å². The van der Waals surface area contributed by atoms with Gasteiger partial charge in [0.2, 0.25) is 0 Å². The number of benzene rings is 1. The third-order valence-electron chi connectivity index (χ3n) is 4.16. The SMILES string of the molecule is CCOC(=O)C1CCN(CC(O)COc2cccc(OC)c2)CC1.Cl. The minimum absolute atomic E-state index is 0. The highest BCUT2D eigenvalue weighted by Gasteiger charge is 2.26. The lowest BCUT2D eigenvalue weighted by Crippen LogP contribution is -2.42. The molecule has 25 heavy (non-hydrogen) atoms. The summed E-state index contributed by atoms with van der Waals surface area (Å²) < 4.78 is 15.8. The molecular formula is C18H28ClNO5. The van der Waals surface area contributed by atoms with Crippen LogP contribution in [0.15, 0.2) is 24.3 Å². The van der Waals surface area contributed by atoms with Crippen molar-refractivity contribution >= 4 is 18.4 Å². The quantitative estimate of drug-likeness (QED) is 0.704. The fourth-order valence-electron chi connectivity index (χ4n) is 2.85. The molecule has 0 amide bonds. The number of ether oxygens (including phenoxy) is 3. The highest BCUT2D eigenvalue weighted by atomic mass is 35.5. The first-order chi connectivity index (χ1) is 11.6. The summed E-state index contributed by atoms with van der Waals surface area (Å²) in [6.07, 6.45) is 0.986. The topological polar surface area (TPSA) is 68.2 Å². The summed E-state index contributed by atoms with van der Waals surface area (Å²) in [5.74, 6) is 1.29. The average Bonchev–Trinajstić information content (AvgIpc) is 2.61. The molecule has 0 spiro atoms. The second-order valence-electron chi connectivity index (χ2n) is 5.97. The zero-order valence-electron chi connectivity index (χ0n) is 14.8. The standard InChI is InChI=1S/C18H27NO5.ClH/c1-3-23-18(21)14-7-9-19(10-8-14)12-15(20)13-24-17-6-4-5-16(11-17)22-2;/h4-6,11,14-15,20H,3,7-10,12-13H2,1-2H3;1H. The van der Waals surface area contributed by atoms with Gasteiger partial charge in [-0.05, 0) is 45.0 Å². The third kappa shape index (κ3) is 7.10. The second-order valence-corrected chi connectivity index (χ2v) is 5.97. The third-order valence-corrected chi connectivity index (χ3v) is 4.16. The van der Waals surface area contributed by atoms with Gasteiger partial charge in [-0.1, -0.05) is 6.07 Å². The molecule has 1 aromatic rings. The number of likely N-dealkylation sites (tertiary alicyclic amines) is 1. The zero-order chi connectivity index (χ0) is 17.4. The van der Waals surface area contributed by atoms with Crippen LogP contribution in [0.2, 0.25) is 0 Å². The number of esters is 1. The Labute approximate surface area is 155 Å².